The van der Waals surface area contributed by atoms with Gasteiger partial charge in [-0.3, -0.25) is 4.98 Å². The highest BCUT2D eigenvalue weighted by Gasteiger charge is 2.20. The molecule has 0 bridgehead atoms. The fourth-order valence-corrected chi connectivity index (χ4v) is 2.88. The maximum Gasteiger partial charge on any atom is 0.188 e. The molecule has 5 nitrogen and oxygen atoms in total. The summed E-state index contributed by atoms with van der Waals surface area (Å²) in [4.78, 5) is 4.09. The van der Waals surface area contributed by atoms with Crippen LogP contribution < -0.4 is 11.1 Å². The van der Waals surface area contributed by atoms with Crippen LogP contribution in [0.5, 0.6) is 0 Å². The van der Waals surface area contributed by atoms with E-state index in [1.807, 2.05) is 12.1 Å². The predicted octanol–water partition coefficient (Wildman–Crippen LogP) is 2.23. The number of nitrogens with zero attached hydrogens (tertiary/aromatic N) is 2. The smallest absolute Gasteiger partial charge is 0.188 e. The first-order chi connectivity index (χ1) is 9.72. The van der Waals surface area contributed by atoms with E-state index in [0.717, 1.165) is 18.0 Å². The minimum atomic E-state index is 0.0514. The molecule has 5 heteroatoms. The van der Waals surface area contributed by atoms with Crippen LogP contribution in [0.1, 0.15) is 50.3 Å². The quantitative estimate of drug-likeness (QED) is 0.333. The third kappa shape index (κ3) is 3.93. The summed E-state index contributed by atoms with van der Waals surface area (Å²) in [7, 11) is 0. The SMILES string of the molecule is CCC1CCCC(NCc2ccnc(C(N)=NO)c2)C1. The van der Waals surface area contributed by atoms with Gasteiger partial charge in [0.15, 0.2) is 5.84 Å². The molecule has 2 rings (SSSR count). The lowest BCUT2D eigenvalue weighted by molar-refractivity contribution is 0.278. The molecule has 2 unspecified atom stereocenters. The van der Waals surface area contributed by atoms with Crippen molar-refractivity contribution in [3.63, 3.8) is 0 Å². The molecule has 0 aromatic carbocycles. The molecule has 1 aliphatic rings. The van der Waals surface area contributed by atoms with E-state index in [9.17, 15) is 0 Å². The Balaban J connectivity index is 1.90. The van der Waals surface area contributed by atoms with Crippen molar-refractivity contribution in [2.75, 3.05) is 0 Å². The number of oxime groups is 1. The Morgan fingerprint density at radius 3 is 3.15 bits per heavy atom. The second-order valence-electron chi connectivity index (χ2n) is 5.55. The monoisotopic (exact) mass is 276 g/mol. The lowest BCUT2D eigenvalue weighted by Gasteiger charge is -2.29. The topological polar surface area (TPSA) is 83.5 Å². The zero-order chi connectivity index (χ0) is 14.4. The predicted molar refractivity (Wildman–Crippen MR) is 79.6 cm³/mol. The van der Waals surface area contributed by atoms with Gasteiger partial charge in [0.05, 0.1) is 0 Å². The molecule has 1 aliphatic carbocycles. The molecule has 0 spiro atoms. The van der Waals surface area contributed by atoms with Gasteiger partial charge in [0.25, 0.3) is 0 Å². The van der Waals surface area contributed by atoms with E-state index in [0.29, 0.717) is 11.7 Å². The van der Waals surface area contributed by atoms with Crippen LogP contribution in [0.4, 0.5) is 0 Å². The molecule has 1 fully saturated rings. The van der Waals surface area contributed by atoms with Crippen LogP contribution in [0.15, 0.2) is 23.5 Å². The number of amidine groups is 1. The van der Waals surface area contributed by atoms with E-state index in [1.54, 1.807) is 6.20 Å². The zero-order valence-corrected chi connectivity index (χ0v) is 12.0. The molecule has 1 aromatic rings. The summed E-state index contributed by atoms with van der Waals surface area (Å²) < 4.78 is 0. The molecule has 110 valence electrons. The van der Waals surface area contributed by atoms with Crippen molar-refractivity contribution in [2.24, 2.45) is 16.8 Å². The van der Waals surface area contributed by atoms with E-state index in [4.69, 9.17) is 10.9 Å². The fraction of sp³-hybridized carbons (Fsp3) is 0.600. The van der Waals surface area contributed by atoms with Crippen molar-refractivity contribution >= 4 is 5.84 Å². The first-order valence-corrected chi connectivity index (χ1v) is 7.39. The van der Waals surface area contributed by atoms with Crippen LogP contribution in [0, 0.1) is 5.92 Å². The number of nitrogens with one attached hydrogen (secondary N) is 1. The molecule has 1 aromatic heterocycles. The van der Waals surface area contributed by atoms with Gasteiger partial charge < -0.3 is 16.3 Å². The highest BCUT2D eigenvalue weighted by molar-refractivity contribution is 5.95. The van der Waals surface area contributed by atoms with Crippen LogP contribution in [-0.2, 0) is 6.54 Å². The van der Waals surface area contributed by atoms with Crippen molar-refractivity contribution in [2.45, 2.75) is 51.6 Å². The first kappa shape index (κ1) is 14.8. The lowest BCUT2D eigenvalue weighted by atomic mass is 9.84. The largest absolute Gasteiger partial charge is 0.409 e. The first-order valence-electron chi connectivity index (χ1n) is 7.39. The van der Waals surface area contributed by atoms with Crippen molar-refractivity contribution in [3.8, 4) is 0 Å². The third-order valence-corrected chi connectivity index (χ3v) is 4.15. The maximum absolute atomic E-state index is 8.68. The Bertz CT molecular complexity index is 461. The summed E-state index contributed by atoms with van der Waals surface area (Å²) in [6.07, 6.45) is 8.20. The van der Waals surface area contributed by atoms with E-state index < -0.39 is 0 Å². The van der Waals surface area contributed by atoms with E-state index >= 15 is 0 Å². The molecule has 0 aliphatic heterocycles. The molecule has 1 heterocycles. The van der Waals surface area contributed by atoms with Crippen LogP contribution in [0.3, 0.4) is 0 Å². The van der Waals surface area contributed by atoms with Gasteiger partial charge in [0.2, 0.25) is 0 Å². The average molecular weight is 276 g/mol. The second-order valence-corrected chi connectivity index (χ2v) is 5.55. The van der Waals surface area contributed by atoms with Gasteiger partial charge in [-0.1, -0.05) is 31.3 Å². The number of pyridine rings is 1. The lowest BCUT2D eigenvalue weighted by Crippen LogP contribution is -2.33. The molecular formula is C15H24N4O. The highest BCUT2D eigenvalue weighted by Crippen LogP contribution is 2.26. The summed E-state index contributed by atoms with van der Waals surface area (Å²) in [6.45, 7) is 3.08. The highest BCUT2D eigenvalue weighted by atomic mass is 16.4. The molecule has 20 heavy (non-hydrogen) atoms. The third-order valence-electron chi connectivity index (χ3n) is 4.15. The second kappa shape index (κ2) is 7.24. The maximum atomic E-state index is 8.68. The van der Waals surface area contributed by atoms with Crippen LogP contribution >= 0.6 is 0 Å². The van der Waals surface area contributed by atoms with Crippen molar-refractivity contribution in [3.05, 3.63) is 29.6 Å². The van der Waals surface area contributed by atoms with Gasteiger partial charge in [-0.15, -0.1) is 0 Å². The van der Waals surface area contributed by atoms with Gasteiger partial charge in [-0.25, -0.2) is 0 Å². The Morgan fingerprint density at radius 1 is 1.55 bits per heavy atom. The number of hydrogen-bond acceptors (Lipinski definition) is 4. The number of hydrogen-bond donors (Lipinski definition) is 3. The number of nitrogens with two attached hydrogens (primary N) is 1. The van der Waals surface area contributed by atoms with E-state index in [-0.39, 0.29) is 5.84 Å². The molecule has 2 atom stereocenters. The van der Waals surface area contributed by atoms with Crippen LogP contribution in [0.2, 0.25) is 0 Å². The standard InChI is InChI=1S/C15H24N4O/c1-2-11-4-3-5-13(8-11)18-10-12-6-7-17-14(9-12)15(16)19-20/h6-7,9,11,13,18,20H,2-5,8,10H2,1H3,(H2,16,19). The van der Waals surface area contributed by atoms with E-state index in [1.165, 1.54) is 32.1 Å². The van der Waals surface area contributed by atoms with Crippen molar-refractivity contribution in [1.29, 1.82) is 0 Å². The van der Waals surface area contributed by atoms with Crippen molar-refractivity contribution < 1.29 is 5.21 Å². The van der Waals surface area contributed by atoms with Gasteiger partial charge in [0.1, 0.15) is 5.69 Å². The number of aromatic nitrogens is 1. The summed E-state index contributed by atoms with van der Waals surface area (Å²) >= 11 is 0. The van der Waals surface area contributed by atoms with Crippen LogP contribution in [-0.4, -0.2) is 22.1 Å². The summed E-state index contributed by atoms with van der Waals surface area (Å²) in [6, 6.07) is 4.43. The molecule has 1 saturated carbocycles. The normalized spacial score (nSPS) is 23.8. The zero-order valence-electron chi connectivity index (χ0n) is 12.0. The summed E-state index contributed by atoms with van der Waals surface area (Å²) in [5, 5.41) is 15.3. The molecule has 0 amide bonds. The summed E-state index contributed by atoms with van der Waals surface area (Å²) in [5.41, 5.74) is 7.18. The Morgan fingerprint density at radius 2 is 2.40 bits per heavy atom. The van der Waals surface area contributed by atoms with Gasteiger partial charge in [-0.05, 0) is 36.5 Å². The molecule has 0 saturated heterocycles. The number of rotatable bonds is 5. The van der Waals surface area contributed by atoms with E-state index in [2.05, 4.69) is 22.4 Å². The molecule has 4 N–H and O–H groups in total. The Hall–Kier alpha value is -1.62. The van der Waals surface area contributed by atoms with Gasteiger partial charge >= 0.3 is 0 Å². The molecule has 0 radical (unpaired) electrons. The Labute approximate surface area is 120 Å². The fourth-order valence-electron chi connectivity index (χ4n) is 2.88. The van der Waals surface area contributed by atoms with Gasteiger partial charge in [-0.2, -0.15) is 0 Å². The summed E-state index contributed by atoms with van der Waals surface area (Å²) in [5.74, 6) is 0.919. The average Bonchev–Trinajstić information content (AvgIpc) is 2.52. The van der Waals surface area contributed by atoms with Gasteiger partial charge in [0, 0.05) is 18.8 Å². The minimum Gasteiger partial charge on any atom is -0.409 e. The Kier molecular flexibility index (Phi) is 5.35. The van der Waals surface area contributed by atoms with Crippen molar-refractivity contribution in [1.82, 2.24) is 10.3 Å². The minimum absolute atomic E-state index is 0.0514. The molecular weight excluding hydrogens is 252 g/mol. The van der Waals surface area contributed by atoms with Crippen LogP contribution in [0.25, 0.3) is 0 Å².